The van der Waals surface area contributed by atoms with Gasteiger partial charge in [0.05, 0.1) is 25.9 Å². The summed E-state index contributed by atoms with van der Waals surface area (Å²) in [6.45, 7) is 5.56. The smallest absolute Gasteiger partial charge is 0.373 e. The number of nitrogens with zero attached hydrogens (tertiary/aromatic N) is 2. The second kappa shape index (κ2) is 12.8. The van der Waals surface area contributed by atoms with Crippen LogP contribution in [0.4, 0.5) is 13.2 Å². The van der Waals surface area contributed by atoms with E-state index in [1.807, 2.05) is 19.1 Å². The molecule has 0 spiro atoms. The van der Waals surface area contributed by atoms with Crippen LogP contribution >= 0.6 is 24.0 Å². The molecule has 0 saturated carbocycles. The van der Waals surface area contributed by atoms with E-state index in [2.05, 4.69) is 25.3 Å². The third kappa shape index (κ3) is 9.11. The first-order valence-electron chi connectivity index (χ1n) is 10.5. The third-order valence-corrected chi connectivity index (χ3v) is 5.28. The van der Waals surface area contributed by atoms with E-state index in [0.29, 0.717) is 24.7 Å². The molecule has 3 rings (SSSR count). The maximum atomic E-state index is 12.1. The van der Waals surface area contributed by atoms with Gasteiger partial charge in [0, 0.05) is 25.7 Å². The lowest BCUT2D eigenvalue weighted by molar-refractivity contribution is -0.176. The standard InChI is InChI=1S/C21H31F3N4O2.HI/c1-2-25-20(27-11-19-12-28-9-3-4-18(28)14-30-19)26-10-16-5-7-17(8-6-16)13-29-15-21(22,23)24;/h5-8,18-19H,2-4,9-15H2,1H3,(H2,25,26,27);1H. The minimum Gasteiger partial charge on any atom is -0.373 e. The van der Waals surface area contributed by atoms with Gasteiger partial charge in [-0.2, -0.15) is 13.2 Å². The van der Waals surface area contributed by atoms with Crippen molar-refractivity contribution >= 4 is 29.9 Å². The Kier molecular flexibility index (Phi) is 10.8. The van der Waals surface area contributed by atoms with Gasteiger partial charge in [-0.1, -0.05) is 24.3 Å². The van der Waals surface area contributed by atoms with Gasteiger partial charge >= 0.3 is 6.18 Å². The molecule has 0 radical (unpaired) electrons. The van der Waals surface area contributed by atoms with E-state index < -0.39 is 12.8 Å². The third-order valence-electron chi connectivity index (χ3n) is 5.28. The molecule has 1 aromatic carbocycles. The molecule has 1 aromatic rings. The summed E-state index contributed by atoms with van der Waals surface area (Å²) >= 11 is 0. The van der Waals surface area contributed by atoms with Gasteiger partial charge in [0.25, 0.3) is 0 Å². The zero-order valence-corrected chi connectivity index (χ0v) is 20.1. The van der Waals surface area contributed by atoms with Crippen LogP contribution in [0.5, 0.6) is 0 Å². The van der Waals surface area contributed by atoms with Crippen LogP contribution in [0, 0.1) is 0 Å². The van der Waals surface area contributed by atoms with Crippen LogP contribution in [0.1, 0.15) is 30.9 Å². The van der Waals surface area contributed by atoms with E-state index in [-0.39, 0.29) is 36.7 Å². The van der Waals surface area contributed by atoms with E-state index in [9.17, 15) is 13.2 Å². The fourth-order valence-electron chi connectivity index (χ4n) is 3.76. The molecular formula is C21H32F3IN4O2. The SMILES string of the molecule is CCNC(=NCc1ccc(COCC(F)(F)F)cc1)NCC1CN2CCCC2CO1.I. The fraction of sp³-hybridized carbons (Fsp3) is 0.667. The van der Waals surface area contributed by atoms with Crippen molar-refractivity contribution in [3.05, 3.63) is 35.4 Å². The van der Waals surface area contributed by atoms with Crippen molar-refractivity contribution in [3.8, 4) is 0 Å². The number of hydrogen-bond acceptors (Lipinski definition) is 4. The van der Waals surface area contributed by atoms with E-state index >= 15 is 0 Å². The van der Waals surface area contributed by atoms with Gasteiger partial charge in [0.1, 0.15) is 6.61 Å². The van der Waals surface area contributed by atoms with Crippen LogP contribution in [0.15, 0.2) is 29.3 Å². The molecule has 2 aliphatic heterocycles. The molecule has 10 heteroatoms. The Hall–Kier alpha value is -1.11. The van der Waals surface area contributed by atoms with Crippen LogP contribution in [0.3, 0.4) is 0 Å². The number of fused-ring (bicyclic) bond motifs is 1. The van der Waals surface area contributed by atoms with Gasteiger partial charge < -0.3 is 20.1 Å². The number of ether oxygens (including phenoxy) is 2. The number of alkyl halides is 3. The molecule has 2 aliphatic rings. The molecule has 2 unspecified atom stereocenters. The largest absolute Gasteiger partial charge is 0.411 e. The van der Waals surface area contributed by atoms with E-state index in [0.717, 1.165) is 37.8 Å². The van der Waals surface area contributed by atoms with Crippen molar-refractivity contribution in [2.24, 2.45) is 4.99 Å². The Morgan fingerprint density at radius 3 is 2.68 bits per heavy atom. The minimum atomic E-state index is -4.30. The van der Waals surface area contributed by atoms with E-state index in [4.69, 9.17) is 4.74 Å². The molecule has 2 heterocycles. The average molecular weight is 556 g/mol. The van der Waals surface area contributed by atoms with Crippen LogP contribution in [0.2, 0.25) is 0 Å². The van der Waals surface area contributed by atoms with Crippen molar-refractivity contribution in [2.75, 3.05) is 39.4 Å². The number of guanidine groups is 1. The molecular weight excluding hydrogens is 524 g/mol. The van der Waals surface area contributed by atoms with Crippen LogP contribution in [0.25, 0.3) is 0 Å². The first-order valence-corrected chi connectivity index (χ1v) is 10.5. The lowest BCUT2D eigenvalue weighted by Gasteiger charge is -2.35. The minimum absolute atomic E-state index is 0. The fourth-order valence-corrected chi connectivity index (χ4v) is 3.76. The predicted octanol–water partition coefficient (Wildman–Crippen LogP) is 3.30. The lowest BCUT2D eigenvalue weighted by atomic mass is 10.1. The maximum Gasteiger partial charge on any atom is 0.411 e. The molecule has 6 nitrogen and oxygen atoms in total. The first-order chi connectivity index (χ1) is 14.4. The van der Waals surface area contributed by atoms with Crippen LogP contribution in [-0.2, 0) is 22.6 Å². The molecule has 0 aliphatic carbocycles. The summed E-state index contributed by atoms with van der Waals surface area (Å²) in [5, 5.41) is 6.59. The van der Waals surface area contributed by atoms with E-state index in [1.165, 1.54) is 12.8 Å². The normalized spacial score (nSPS) is 22.0. The van der Waals surface area contributed by atoms with Gasteiger partial charge in [-0.15, -0.1) is 24.0 Å². The van der Waals surface area contributed by atoms with Gasteiger partial charge in [-0.05, 0) is 37.4 Å². The molecule has 0 bridgehead atoms. The van der Waals surface area contributed by atoms with Crippen molar-refractivity contribution in [1.82, 2.24) is 15.5 Å². The highest BCUT2D eigenvalue weighted by molar-refractivity contribution is 14.0. The summed E-state index contributed by atoms with van der Waals surface area (Å²) in [5.74, 6) is 0.724. The van der Waals surface area contributed by atoms with Crippen LogP contribution in [-0.4, -0.2) is 68.6 Å². The van der Waals surface area contributed by atoms with Gasteiger partial charge in [-0.3, -0.25) is 4.90 Å². The van der Waals surface area contributed by atoms with Crippen molar-refractivity contribution in [2.45, 2.75) is 51.2 Å². The average Bonchev–Trinajstić information content (AvgIpc) is 3.18. The highest BCUT2D eigenvalue weighted by Gasteiger charge is 2.32. The molecule has 2 atom stereocenters. The molecule has 176 valence electrons. The quantitative estimate of drug-likeness (QED) is 0.293. The number of rotatable bonds is 8. The summed E-state index contributed by atoms with van der Waals surface area (Å²) < 4.78 is 47.1. The molecule has 2 fully saturated rings. The maximum absolute atomic E-state index is 12.1. The number of nitrogens with one attached hydrogen (secondary N) is 2. The Morgan fingerprint density at radius 1 is 1.23 bits per heavy atom. The van der Waals surface area contributed by atoms with Gasteiger partial charge in [-0.25, -0.2) is 4.99 Å². The number of morpholine rings is 1. The zero-order chi connectivity index (χ0) is 21.4. The molecule has 2 saturated heterocycles. The second-order valence-electron chi connectivity index (χ2n) is 7.75. The lowest BCUT2D eigenvalue weighted by Crippen LogP contribution is -2.51. The Morgan fingerprint density at radius 2 is 1.97 bits per heavy atom. The summed E-state index contributed by atoms with van der Waals surface area (Å²) in [5.41, 5.74) is 1.67. The van der Waals surface area contributed by atoms with Crippen molar-refractivity contribution < 1.29 is 22.6 Å². The summed E-state index contributed by atoms with van der Waals surface area (Å²) in [7, 11) is 0. The second-order valence-corrected chi connectivity index (χ2v) is 7.75. The van der Waals surface area contributed by atoms with Gasteiger partial charge in [0.2, 0.25) is 0 Å². The Balaban J connectivity index is 0.00000341. The molecule has 0 amide bonds. The molecule has 0 aromatic heterocycles. The topological polar surface area (TPSA) is 58.1 Å². The Labute approximate surface area is 199 Å². The highest BCUT2D eigenvalue weighted by Crippen LogP contribution is 2.22. The van der Waals surface area contributed by atoms with E-state index in [1.54, 1.807) is 12.1 Å². The first kappa shape index (κ1) is 26.1. The predicted molar refractivity (Wildman–Crippen MR) is 125 cm³/mol. The van der Waals surface area contributed by atoms with Crippen molar-refractivity contribution in [3.63, 3.8) is 0 Å². The number of benzene rings is 1. The van der Waals surface area contributed by atoms with Crippen molar-refractivity contribution in [1.29, 1.82) is 0 Å². The number of hydrogen-bond donors (Lipinski definition) is 2. The zero-order valence-electron chi connectivity index (χ0n) is 17.8. The van der Waals surface area contributed by atoms with Gasteiger partial charge in [0.15, 0.2) is 5.96 Å². The van der Waals surface area contributed by atoms with Crippen LogP contribution < -0.4 is 10.6 Å². The summed E-state index contributed by atoms with van der Waals surface area (Å²) in [6, 6.07) is 7.84. The highest BCUT2D eigenvalue weighted by atomic mass is 127. The summed E-state index contributed by atoms with van der Waals surface area (Å²) in [6.07, 6.45) is -1.66. The monoisotopic (exact) mass is 556 g/mol. The number of aliphatic imine (C=N–C) groups is 1. The Bertz CT molecular complexity index is 688. The number of halogens is 4. The molecule has 31 heavy (non-hydrogen) atoms. The summed E-state index contributed by atoms with van der Waals surface area (Å²) in [4.78, 5) is 7.12. The molecule has 2 N–H and O–H groups in total.